The van der Waals surface area contributed by atoms with Gasteiger partial charge in [-0.05, 0) is 12.8 Å². The lowest BCUT2D eigenvalue weighted by Crippen LogP contribution is -2.45. The van der Waals surface area contributed by atoms with Crippen LogP contribution < -0.4 is 0 Å². The molecule has 2 fully saturated rings. The van der Waals surface area contributed by atoms with Crippen LogP contribution in [0.15, 0.2) is 0 Å². The van der Waals surface area contributed by atoms with Gasteiger partial charge in [0.2, 0.25) is 5.91 Å². The molecule has 2 heterocycles. The fourth-order valence-electron chi connectivity index (χ4n) is 2.25. The van der Waals surface area contributed by atoms with Crippen molar-refractivity contribution in [3.63, 3.8) is 0 Å². The van der Waals surface area contributed by atoms with Crippen molar-refractivity contribution in [2.24, 2.45) is 5.92 Å². The number of carbonyl (C=O) groups is 1. The third kappa shape index (κ3) is 2.56. The average Bonchev–Trinajstić information content (AvgIpc) is 2.83. The molecule has 0 bridgehead atoms. The quantitative estimate of drug-likeness (QED) is 0.760. The van der Waals surface area contributed by atoms with Gasteiger partial charge in [-0.3, -0.25) is 4.79 Å². The highest BCUT2D eigenvalue weighted by atomic mass is 32.2. The van der Waals surface area contributed by atoms with Gasteiger partial charge in [-0.2, -0.15) is 25.9 Å². The van der Waals surface area contributed by atoms with E-state index < -0.39 is 47.3 Å². The van der Waals surface area contributed by atoms with Crippen LogP contribution in [0.1, 0.15) is 12.8 Å². The van der Waals surface area contributed by atoms with Gasteiger partial charge in [0.25, 0.3) is 0 Å². The van der Waals surface area contributed by atoms with Crippen LogP contribution in [0, 0.1) is 5.92 Å². The minimum atomic E-state index is -4.73. The lowest BCUT2D eigenvalue weighted by atomic mass is 10.1. The molecule has 0 spiro atoms. The Bertz CT molecular complexity index is 478. The summed E-state index contributed by atoms with van der Waals surface area (Å²) < 4.78 is 62.7. The molecule has 19 heavy (non-hydrogen) atoms. The Morgan fingerprint density at radius 2 is 1.84 bits per heavy atom. The molecule has 0 aliphatic carbocycles. The fourth-order valence-corrected chi connectivity index (χ4v) is 3.91. The normalized spacial score (nSPS) is 30.3. The average molecular weight is 302 g/mol. The van der Waals surface area contributed by atoms with Crippen LogP contribution in [0.4, 0.5) is 13.2 Å². The number of alkyl halides is 3. The number of hydrogen-bond acceptors (Lipinski definition) is 4. The predicted molar refractivity (Wildman–Crippen MR) is 57.0 cm³/mol. The molecule has 1 N–H and O–H groups in total. The Balaban J connectivity index is 2.17. The van der Waals surface area contributed by atoms with E-state index in [-0.39, 0.29) is 23.8 Å². The molecule has 6 nitrogen and oxygen atoms in total. The first-order valence-electron chi connectivity index (χ1n) is 5.70. The number of amides is 1. The third-order valence-corrected chi connectivity index (χ3v) is 5.19. The zero-order valence-electron chi connectivity index (χ0n) is 9.80. The molecule has 0 aromatic rings. The molecule has 0 aromatic carbocycles. The molecule has 2 aliphatic heterocycles. The second-order valence-electron chi connectivity index (χ2n) is 4.60. The summed E-state index contributed by atoms with van der Waals surface area (Å²) in [4.78, 5) is 11.6. The highest BCUT2D eigenvalue weighted by molar-refractivity contribution is 7.87. The van der Waals surface area contributed by atoms with Crippen LogP contribution in [0.2, 0.25) is 0 Å². The number of aliphatic hydroxyl groups excluding tert-OH is 1. The molecule has 10 heteroatoms. The van der Waals surface area contributed by atoms with Crippen molar-refractivity contribution in [3.8, 4) is 0 Å². The molecule has 110 valence electrons. The summed E-state index contributed by atoms with van der Waals surface area (Å²) in [7, 11) is -4.26. The summed E-state index contributed by atoms with van der Waals surface area (Å²) in [6.45, 7) is -0.662. The number of halogens is 3. The van der Waals surface area contributed by atoms with Crippen LogP contribution >= 0.6 is 0 Å². The fraction of sp³-hybridized carbons (Fsp3) is 0.889. The number of aliphatic hydroxyl groups is 1. The van der Waals surface area contributed by atoms with E-state index in [1.165, 1.54) is 0 Å². The van der Waals surface area contributed by atoms with E-state index >= 15 is 0 Å². The van der Waals surface area contributed by atoms with Crippen LogP contribution in [0.5, 0.6) is 0 Å². The maximum atomic E-state index is 12.5. The van der Waals surface area contributed by atoms with Crippen molar-refractivity contribution in [3.05, 3.63) is 0 Å². The Hall–Kier alpha value is -0.870. The molecule has 0 aromatic heterocycles. The summed E-state index contributed by atoms with van der Waals surface area (Å²) in [5.74, 6) is -3.69. The van der Waals surface area contributed by atoms with E-state index in [4.69, 9.17) is 0 Å². The van der Waals surface area contributed by atoms with Crippen LogP contribution in [-0.2, 0) is 15.0 Å². The summed E-state index contributed by atoms with van der Waals surface area (Å²) in [6.07, 6.45) is -5.92. The van der Waals surface area contributed by atoms with Gasteiger partial charge in [0.05, 0.1) is 6.10 Å². The Labute approximate surface area is 108 Å². The maximum Gasteiger partial charge on any atom is 0.400 e. The van der Waals surface area contributed by atoms with Crippen LogP contribution in [0.25, 0.3) is 0 Å². The van der Waals surface area contributed by atoms with Gasteiger partial charge in [-0.15, -0.1) is 0 Å². The molecule has 2 unspecified atom stereocenters. The molecule has 1 amide bonds. The summed E-state index contributed by atoms with van der Waals surface area (Å²) in [5.41, 5.74) is 0. The summed E-state index contributed by atoms with van der Waals surface area (Å²) in [5, 5.41) is 9.26. The van der Waals surface area contributed by atoms with Gasteiger partial charge in [-0.25, -0.2) is 4.31 Å². The Kier molecular flexibility index (Phi) is 3.52. The lowest BCUT2D eigenvalue weighted by Gasteiger charge is -2.24. The number of rotatable bonds is 2. The molecule has 2 aliphatic rings. The first-order valence-corrected chi connectivity index (χ1v) is 7.10. The van der Waals surface area contributed by atoms with E-state index in [0.717, 1.165) is 4.31 Å². The van der Waals surface area contributed by atoms with Crippen LogP contribution in [-0.4, -0.2) is 60.0 Å². The highest BCUT2D eigenvalue weighted by Gasteiger charge is 2.54. The minimum absolute atomic E-state index is 0.00393. The lowest BCUT2D eigenvalue weighted by molar-refractivity contribution is -0.179. The highest BCUT2D eigenvalue weighted by Crippen LogP contribution is 2.36. The van der Waals surface area contributed by atoms with Gasteiger partial charge < -0.3 is 5.11 Å². The largest absolute Gasteiger partial charge is 0.400 e. The first kappa shape index (κ1) is 14.5. The van der Waals surface area contributed by atoms with Crippen molar-refractivity contribution < 1.29 is 31.5 Å². The minimum Gasteiger partial charge on any atom is -0.392 e. The standard InChI is InChI=1S/C9H13F3N2O4S/c10-9(11,12)7-2-4-14(8(7)16)19(17,18)13-3-1-6(15)5-13/h6-7,15H,1-5H2. The molecule has 2 rings (SSSR count). The molecular weight excluding hydrogens is 289 g/mol. The second-order valence-corrected chi connectivity index (χ2v) is 6.45. The second kappa shape index (κ2) is 4.60. The van der Waals surface area contributed by atoms with E-state index in [1.54, 1.807) is 0 Å². The topological polar surface area (TPSA) is 77.9 Å². The molecule has 2 atom stereocenters. The van der Waals surface area contributed by atoms with Gasteiger partial charge >= 0.3 is 16.4 Å². The maximum absolute atomic E-state index is 12.5. The monoisotopic (exact) mass is 302 g/mol. The number of hydrogen-bond donors (Lipinski definition) is 1. The van der Waals surface area contributed by atoms with Gasteiger partial charge in [0, 0.05) is 19.6 Å². The summed E-state index contributed by atoms with van der Waals surface area (Å²) in [6, 6.07) is 0. The molecule has 2 saturated heterocycles. The van der Waals surface area contributed by atoms with Crippen molar-refractivity contribution >= 4 is 16.1 Å². The van der Waals surface area contributed by atoms with E-state index in [1.807, 2.05) is 0 Å². The van der Waals surface area contributed by atoms with Crippen molar-refractivity contribution in [1.82, 2.24) is 8.61 Å². The van der Waals surface area contributed by atoms with E-state index in [9.17, 15) is 31.5 Å². The number of nitrogens with zero attached hydrogens (tertiary/aromatic N) is 2. The zero-order chi connectivity index (χ0) is 14.4. The van der Waals surface area contributed by atoms with Gasteiger partial charge in [0.15, 0.2) is 0 Å². The molecule has 0 saturated carbocycles. The van der Waals surface area contributed by atoms with E-state index in [2.05, 4.69) is 0 Å². The van der Waals surface area contributed by atoms with Crippen LogP contribution in [0.3, 0.4) is 0 Å². The third-order valence-electron chi connectivity index (χ3n) is 3.29. The van der Waals surface area contributed by atoms with E-state index in [0.29, 0.717) is 0 Å². The SMILES string of the molecule is O=C1C(C(F)(F)F)CCN1S(=O)(=O)N1CCC(O)C1. The van der Waals surface area contributed by atoms with Gasteiger partial charge in [-0.1, -0.05) is 0 Å². The Morgan fingerprint density at radius 1 is 1.21 bits per heavy atom. The van der Waals surface area contributed by atoms with Crippen molar-refractivity contribution in [2.45, 2.75) is 25.1 Å². The zero-order valence-corrected chi connectivity index (χ0v) is 10.6. The smallest absolute Gasteiger partial charge is 0.392 e. The predicted octanol–water partition coefficient (Wildman–Crippen LogP) is -0.291. The van der Waals surface area contributed by atoms with Crippen molar-refractivity contribution in [2.75, 3.05) is 19.6 Å². The number of β-amino-alcohol motifs (C(OH)–C–C–N with tert-alkyl or cyclic N) is 1. The van der Waals surface area contributed by atoms with Gasteiger partial charge in [0.1, 0.15) is 5.92 Å². The first-order chi connectivity index (χ1) is 8.64. The summed E-state index contributed by atoms with van der Waals surface area (Å²) >= 11 is 0. The molecular formula is C9H13F3N2O4S. The van der Waals surface area contributed by atoms with Crippen molar-refractivity contribution in [1.29, 1.82) is 0 Å². The molecule has 0 radical (unpaired) electrons. The Morgan fingerprint density at radius 3 is 2.26 bits per heavy atom. The number of carbonyl (C=O) groups excluding carboxylic acids is 1.